The summed E-state index contributed by atoms with van der Waals surface area (Å²) in [7, 11) is -9.98. The Hall–Kier alpha value is -4.28. The summed E-state index contributed by atoms with van der Waals surface area (Å²) in [4.78, 5) is 73.0. The van der Waals surface area contributed by atoms with E-state index < -0.39 is 97.5 Å². The van der Waals surface area contributed by atoms with E-state index in [1.165, 1.54) is 128 Å². The molecule has 0 bridgehead atoms. The van der Waals surface area contributed by atoms with Gasteiger partial charge in [-0.05, 0) is 109 Å². The summed E-state index contributed by atoms with van der Waals surface area (Å²) in [5.41, 5.74) is 0. The van der Waals surface area contributed by atoms with E-state index in [-0.39, 0.29) is 25.7 Å². The van der Waals surface area contributed by atoms with E-state index in [0.717, 1.165) is 122 Å². The summed E-state index contributed by atoms with van der Waals surface area (Å²) < 4.78 is 68.5. The van der Waals surface area contributed by atoms with E-state index in [9.17, 15) is 43.2 Å². The monoisotopic (exact) mass is 1470 g/mol. The molecular formula is C83H144O17P2. The van der Waals surface area contributed by atoms with E-state index in [1.807, 2.05) is 12.2 Å². The minimum Gasteiger partial charge on any atom is -0.462 e. The zero-order valence-corrected chi connectivity index (χ0v) is 66.0. The first-order chi connectivity index (χ1) is 49.7. The van der Waals surface area contributed by atoms with Crippen molar-refractivity contribution in [3.05, 3.63) is 109 Å². The lowest BCUT2D eigenvalue weighted by Crippen LogP contribution is -2.30. The van der Waals surface area contributed by atoms with E-state index >= 15 is 0 Å². The van der Waals surface area contributed by atoms with Gasteiger partial charge in [0.2, 0.25) is 0 Å². The summed E-state index contributed by atoms with van der Waals surface area (Å²) in [5, 5.41) is 10.6. The van der Waals surface area contributed by atoms with Crippen LogP contribution in [0.5, 0.6) is 0 Å². The van der Waals surface area contributed by atoms with Crippen molar-refractivity contribution in [1.82, 2.24) is 0 Å². The van der Waals surface area contributed by atoms with Crippen molar-refractivity contribution in [2.45, 2.75) is 354 Å². The number of allylic oxidation sites excluding steroid dienone is 18. The predicted molar refractivity (Wildman–Crippen MR) is 418 cm³/mol. The highest BCUT2D eigenvalue weighted by Gasteiger charge is 2.30. The van der Waals surface area contributed by atoms with Gasteiger partial charge in [-0.25, -0.2) is 9.13 Å². The molecule has 0 spiro atoms. The van der Waals surface area contributed by atoms with Gasteiger partial charge in [0.15, 0.2) is 12.2 Å². The van der Waals surface area contributed by atoms with Gasteiger partial charge >= 0.3 is 39.5 Å². The maximum Gasteiger partial charge on any atom is 0.472 e. The highest BCUT2D eigenvalue weighted by atomic mass is 31.2. The van der Waals surface area contributed by atoms with Crippen LogP contribution < -0.4 is 0 Å². The van der Waals surface area contributed by atoms with Gasteiger partial charge in [-0.1, -0.05) is 310 Å². The molecule has 19 heteroatoms. The molecule has 0 heterocycles. The van der Waals surface area contributed by atoms with Crippen molar-refractivity contribution in [1.29, 1.82) is 0 Å². The van der Waals surface area contributed by atoms with Crippen molar-refractivity contribution in [3.8, 4) is 0 Å². The maximum absolute atomic E-state index is 13.1. The van der Waals surface area contributed by atoms with Crippen molar-refractivity contribution in [2.75, 3.05) is 39.6 Å². The number of phosphoric ester groups is 2. The van der Waals surface area contributed by atoms with E-state index in [2.05, 4.69) is 125 Å². The van der Waals surface area contributed by atoms with Crippen molar-refractivity contribution < 1.29 is 80.2 Å². The summed E-state index contributed by atoms with van der Waals surface area (Å²) in [5.74, 6) is -2.26. The number of esters is 4. The number of hydrogen-bond acceptors (Lipinski definition) is 15. The number of carbonyl (C=O) groups is 4. The van der Waals surface area contributed by atoms with Crippen molar-refractivity contribution in [2.24, 2.45) is 0 Å². The Kier molecular flexibility index (Phi) is 71.8. The fourth-order valence-corrected chi connectivity index (χ4v) is 12.2. The molecule has 0 radical (unpaired) electrons. The fourth-order valence-electron chi connectivity index (χ4n) is 10.7. The lowest BCUT2D eigenvalue weighted by Gasteiger charge is -2.21. The molecule has 0 rings (SSSR count). The van der Waals surface area contributed by atoms with Crippen molar-refractivity contribution >= 4 is 39.5 Å². The fraction of sp³-hybridized carbons (Fsp3) is 0.735. The molecule has 3 N–H and O–H groups in total. The zero-order chi connectivity index (χ0) is 74.6. The van der Waals surface area contributed by atoms with Crippen LogP contribution in [-0.2, 0) is 65.4 Å². The quantitative estimate of drug-likeness (QED) is 0.0169. The van der Waals surface area contributed by atoms with E-state index in [1.54, 1.807) is 0 Å². The second-order valence-electron chi connectivity index (χ2n) is 26.6. The molecule has 0 aliphatic rings. The molecule has 0 aromatic carbocycles. The molecule has 102 heavy (non-hydrogen) atoms. The maximum atomic E-state index is 13.1. The molecule has 0 aromatic rings. The Bertz CT molecular complexity index is 2360. The summed E-state index contributed by atoms with van der Waals surface area (Å²) in [6.45, 7) is 4.67. The van der Waals surface area contributed by atoms with Gasteiger partial charge in [0, 0.05) is 25.7 Å². The summed E-state index contributed by atoms with van der Waals surface area (Å²) >= 11 is 0. The van der Waals surface area contributed by atoms with Gasteiger partial charge in [0.25, 0.3) is 0 Å². The third-order valence-corrected chi connectivity index (χ3v) is 18.7. The van der Waals surface area contributed by atoms with Gasteiger partial charge < -0.3 is 33.8 Å². The Labute approximate surface area is 619 Å². The highest BCUT2D eigenvalue weighted by molar-refractivity contribution is 7.47. The Morgan fingerprint density at radius 2 is 0.520 bits per heavy atom. The number of carbonyl (C=O) groups excluding carboxylic acids is 4. The largest absolute Gasteiger partial charge is 0.472 e. The lowest BCUT2D eigenvalue weighted by atomic mass is 10.0. The Balaban J connectivity index is 5.40. The summed E-state index contributed by atoms with van der Waals surface area (Å²) in [6.07, 6.45) is 80.7. The average Bonchev–Trinajstić information content (AvgIpc) is 0.908. The topological polar surface area (TPSA) is 237 Å². The molecule has 0 saturated carbocycles. The second kappa shape index (κ2) is 75.0. The van der Waals surface area contributed by atoms with Gasteiger partial charge in [0.05, 0.1) is 26.4 Å². The van der Waals surface area contributed by atoms with Gasteiger partial charge in [0.1, 0.15) is 19.3 Å². The first-order valence-electron chi connectivity index (χ1n) is 40.1. The van der Waals surface area contributed by atoms with Crippen LogP contribution in [0, 0.1) is 0 Å². The Morgan fingerprint density at radius 1 is 0.284 bits per heavy atom. The highest BCUT2D eigenvalue weighted by Crippen LogP contribution is 2.45. The van der Waals surface area contributed by atoms with Crippen LogP contribution in [0.2, 0.25) is 0 Å². The van der Waals surface area contributed by atoms with Crippen LogP contribution in [-0.4, -0.2) is 96.7 Å². The van der Waals surface area contributed by atoms with Crippen LogP contribution >= 0.6 is 15.6 Å². The van der Waals surface area contributed by atoms with E-state index in [4.69, 9.17) is 37.0 Å². The van der Waals surface area contributed by atoms with Crippen LogP contribution in [0.15, 0.2) is 109 Å². The number of hydrogen-bond donors (Lipinski definition) is 3. The third kappa shape index (κ3) is 74.0. The average molecular weight is 1480 g/mol. The lowest BCUT2D eigenvalue weighted by molar-refractivity contribution is -0.161. The molecule has 0 amide bonds. The molecular weight excluding hydrogens is 1330 g/mol. The minimum atomic E-state index is -4.99. The number of rotatable bonds is 75. The molecule has 0 aromatic heterocycles. The van der Waals surface area contributed by atoms with Crippen LogP contribution in [0.3, 0.4) is 0 Å². The molecule has 0 aliphatic carbocycles. The second-order valence-corrected chi connectivity index (χ2v) is 29.5. The number of phosphoric acid groups is 2. The third-order valence-electron chi connectivity index (χ3n) is 16.8. The first-order valence-corrected chi connectivity index (χ1v) is 43.1. The van der Waals surface area contributed by atoms with Gasteiger partial charge in [-0.2, -0.15) is 0 Å². The number of aliphatic hydroxyl groups is 1. The molecule has 17 nitrogen and oxygen atoms in total. The number of unbranched alkanes of at least 4 members (excludes halogenated alkanes) is 31. The molecule has 5 atom stereocenters. The minimum absolute atomic E-state index is 0.0203. The van der Waals surface area contributed by atoms with Gasteiger partial charge in [-0.3, -0.25) is 37.3 Å². The van der Waals surface area contributed by atoms with E-state index in [0.29, 0.717) is 32.1 Å². The SMILES string of the molecule is CC/C=C\C/C=C\C/C=C\C/C=C\C/C=C\CCCCCC(=O)OC[C@H](COP(=O)(O)OC[C@@H](O)COP(=O)(O)OC[C@@H](COC(=O)CCCCCCCCCCCCCCC)OC(=O)CCC/C=C\C/C=C\C/C=C\C/C=C\CCCCC)OC(=O)CCCCCCCCCCCCCCC. The molecule has 0 saturated heterocycles. The smallest absolute Gasteiger partial charge is 0.462 e. The van der Waals surface area contributed by atoms with Crippen LogP contribution in [0.25, 0.3) is 0 Å². The molecule has 0 aliphatic heterocycles. The predicted octanol–water partition coefficient (Wildman–Crippen LogP) is 23.3. The van der Waals surface area contributed by atoms with Crippen LogP contribution in [0.4, 0.5) is 0 Å². The van der Waals surface area contributed by atoms with Crippen LogP contribution in [0.1, 0.15) is 336 Å². The Morgan fingerprint density at radius 3 is 0.843 bits per heavy atom. The normalized spacial score (nSPS) is 14.5. The molecule has 588 valence electrons. The number of aliphatic hydroxyl groups excluding tert-OH is 1. The zero-order valence-electron chi connectivity index (χ0n) is 64.3. The molecule has 0 fully saturated rings. The van der Waals surface area contributed by atoms with Crippen molar-refractivity contribution in [3.63, 3.8) is 0 Å². The number of ether oxygens (including phenoxy) is 4. The molecule has 2 unspecified atom stereocenters. The standard InChI is InChI=1S/C83H144O17P2/c1-5-9-13-17-21-25-29-33-35-37-38-40-41-45-48-52-56-60-64-68-81(86)94-74-78(99-82(87)69-65-61-57-53-49-44-32-28-24-20-16-12-8-4)75-97-101(89,90)95-71-77(84)72-96-102(91,92)98-76-79(73-93-80(85)67-63-59-55-51-47-43-31-27-23-19-15-11-7-3)100-83(88)70-66-62-58-54-50-46-42-39-36-34-30-26-22-18-14-10-6-2/h9,13,21-22,25-26,33-36,38,40,42,45-46,48,54,58,77-79,84H,5-8,10-12,14-20,23-24,27-32,37,39,41,43-44,47,49-53,55-57,59-76H2,1-4H3,(H,89,90)(H,91,92)/b13-9-,25-21-,26-22-,35-33-,36-34-,40-38-,46-42-,48-45-,58-54-/t77-,78-,79-/m1/s1. The van der Waals surface area contributed by atoms with Gasteiger partial charge in [-0.15, -0.1) is 0 Å². The first kappa shape index (κ1) is 97.7. The summed E-state index contributed by atoms with van der Waals surface area (Å²) in [6, 6.07) is 0.